The second-order valence-electron chi connectivity index (χ2n) is 7.75. The molecule has 0 aliphatic rings. The van der Waals surface area contributed by atoms with Crippen LogP contribution in [0.1, 0.15) is 28.8 Å². The van der Waals surface area contributed by atoms with E-state index in [2.05, 4.69) is 14.8 Å². The zero-order chi connectivity index (χ0) is 24.7. The number of hydrogen-bond acceptors (Lipinski definition) is 5. The molecule has 0 radical (unpaired) electrons. The first-order chi connectivity index (χ1) is 16.1. The maximum absolute atomic E-state index is 13.3. The molecular formula is C24H25F3N2O4S. The molecule has 3 N–H and O–H groups in total. The summed E-state index contributed by atoms with van der Waals surface area (Å²) in [6, 6.07) is 18.2. The fraction of sp³-hybridized carbons (Fsp3) is 0.250. The number of aliphatic hydroxyl groups is 1. The predicted octanol–water partition coefficient (Wildman–Crippen LogP) is 4.41. The van der Waals surface area contributed by atoms with Gasteiger partial charge in [-0.05, 0) is 59.5 Å². The molecule has 34 heavy (non-hydrogen) atoms. The van der Waals surface area contributed by atoms with Crippen LogP contribution in [0.5, 0.6) is 5.75 Å². The van der Waals surface area contributed by atoms with E-state index < -0.39 is 22.7 Å². The molecule has 0 saturated carbocycles. The molecule has 0 aliphatic heterocycles. The normalized spacial score (nSPS) is 13.5. The SMILES string of the molecule is CS(=O)(=O)Nc1cccc([C@@H](O)CN[C@@H](Cc2ccc(F)cc2)c2ccc(OC(F)F)cc2)c1. The zero-order valence-corrected chi connectivity index (χ0v) is 19.1. The molecule has 0 aromatic heterocycles. The lowest BCUT2D eigenvalue weighted by Gasteiger charge is -2.22. The molecule has 3 aromatic rings. The van der Waals surface area contributed by atoms with E-state index in [1.807, 2.05) is 0 Å². The molecule has 0 saturated heterocycles. The first-order valence-corrected chi connectivity index (χ1v) is 12.3. The number of rotatable bonds is 11. The largest absolute Gasteiger partial charge is 0.435 e. The Labute approximate surface area is 196 Å². The third kappa shape index (κ3) is 8.05. The summed E-state index contributed by atoms with van der Waals surface area (Å²) in [6.07, 6.45) is 0.519. The van der Waals surface area contributed by atoms with Gasteiger partial charge in [0.2, 0.25) is 10.0 Å². The molecule has 3 aromatic carbocycles. The van der Waals surface area contributed by atoms with Gasteiger partial charge in [-0.2, -0.15) is 8.78 Å². The van der Waals surface area contributed by atoms with Crippen LogP contribution in [0.3, 0.4) is 0 Å². The number of aliphatic hydroxyl groups excluding tert-OH is 1. The Balaban J connectivity index is 1.75. The Bertz CT molecular complexity index is 1170. The van der Waals surface area contributed by atoms with Crippen molar-refractivity contribution in [3.8, 4) is 5.75 Å². The van der Waals surface area contributed by atoms with Crippen molar-refractivity contribution in [2.24, 2.45) is 0 Å². The minimum absolute atomic E-state index is 0.0227. The van der Waals surface area contributed by atoms with Crippen molar-refractivity contribution >= 4 is 15.7 Å². The summed E-state index contributed by atoms with van der Waals surface area (Å²) in [5, 5.41) is 13.9. The van der Waals surface area contributed by atoms with Crippen LogP contribution in [0.15, 0.2) is 72.8 Å². The summed E-state index contributed by atoms with van der Waals surface area (Å²) < 4.78 is 67.9. The summed E-state index contributed by atoms with van der Waals surface area (Å²) in [5.74, 6) is -0.339. The fourth-order valence-electron chi connectivity index (χ4n) is 3.44. The highest BCUT2D eigenvalue weighted by atomic mass is 32.2. The van der Waals surface area contributed by atoms with Gasteiger partial charge in [0.25, 0.3) is 0 Å². The van der Waals surface area contributed by atoms with Crippen LogP contribution < -0.4 is 14.8 Å². The monoisotopic (exact) mass is 494 g/mol. The lowest BCUT2D eigenvalue weighted by Crippen LogP contribution is -2.28. The lowest BCUT2D eigenvalue weighted by molar-refractivity contribution is -0.0498. The molecule has 0 spiro atoms. The van der Waals surface area contributed by atoms with Crippen LogP contribution in [0.4, 0.5) is 18.9 Å². The van der Waals surface area contributed by atoms with Crippen LogP contribution in [-0.2, 0) is 16.4 Å². The van der Waals surface area contributed by atoms with Crippen molar-refractivity contribution in [2.75, 3.05) is 17.5 Å². The highest BCUT2D eigenvalue weighted by molar-refractivity contribution is 7.92. The Morgan fingerprint density at radius 3 is 2.26 bits per heavy atom. The van der Waals surface area contributed by atoms with Gasteiger partial charge in [-0.15, -0.1) is 0 Å². The number of nitrogens with one attached hydrogen (secondary N) is 2. The van der Waals surface area contributed by atoms with Crippen molar-refractivity contribution < 1.29 is 31.4 Å². The fourth-order valence-corrected chi connectivity index (χ4v) is 4.00. The standard InChI is InChI=1S/C24H25F3N2O4S/c1-34(31,32)29-20-4-2-3-18(14-20)23(30)15-28-22(13-16-5-9-19(25)10-6-16)17-7-11-21(12-8-17)33-24(26)27/h2-12,14,22-24,28-30H,13,15H2,1H3/t22-,23-/m0/s1. The molecule has 3 rings (SSSR count). The molecule has 0 heterocycles. The summed E-state index contributed by atoms with van der Waals surface area (Å²) in [5.41, 5.74) is 2.42. The molecule has 6 nitrogen and oxygen atoms in total. The predicted molar refractivity (Wildman–Crippen MR) is 124 cm³/mol. The molecule has 0 unspecified atom stereocenters. The summed E-state index contributed by atoms with van der Waals surface area (Å²) in [7, 11) is -3.46. The second-order valence-corrected chi connectivity index (χ2v) is 9.50. The Hall–Kier alpha value is -3.08. The average molecular weight is 495 g/mol. The van der Waals surface area contributed by atoms with E-state index in [4.69, 9.17) is 0 Å². The molecule has 2 atom stereocenters. The van der Waals surface area contributed by atoms with E-state index in [1.54, 1.807) is 48.5 Å². The van der Waals surface area contributed by atoms with Crippen LogP contribution in [0, 0.1) is 5.82 Å². The van der Waals surface area contributed by atoms with Gasteiger partial charge in [0, 0.05) is 18.3 Å². The lowest BCUT2D eigenvalue weighted by atomic mass is 9.98. The first kappa shape index (κ1) is 25.5. The van der Waals surface area contributed by atoms with Crippen molar-refractivity contribution in [3.05, 3.63) is 95.3 Å². The molecule has 182 valence electrons. The van der Waals surface area contributed by atoms with E-state index in [-0.39, 0.29) is 24.2 Å². The van der Waals surface area contributed by atoms with E-state index in [1.165, 1.54) is 24.3 Å². The number of benzene rings is 3. The number of ether oxygens (including phenoxy) is 1. The van der Waals surface area contributed by atoms with Gasteiger partial charge in [0.1, 0.15) is 11.6 Å². The molecule has 0 fully saturated rings. The third-order valence-electron chi connectivity index (χ3n) is 4.99. The Morgan fingerprint density at radius 2 is 1.65 bits per heavy atom. The van der Waals surface area contributed by atoms with Gasteiger partial charge in [0.05, 0.1) is 12.4 Å². The highest BCUT2D eigenvalue weighted by Crippen LogP contribution is 2.24. The topological polar surface area (TPSA) is 87.7 Å². The van der Waals surface area contributed by atoms with E-state index in [0.29, 0.717) is 17.7 Å². The van der Waals surface area contributed by atoms with Crippen LogP contribution >= 0.6 is 0 Å². The highest BCUT2D eigenvalue weighted by Gasteiger charge is 2.17. The number of alkyl halides is 2. The van der Waals surface area contributed by atoms with Crippen molar-refractivity contribution in [1.29, 1.82) is 0 Å². The minimum Gasteiger partial charge on any atom is -0.435 e. The number of halogens is 3. The maximum atomic E-state index is 13.3. The van der Waals surface area contributed by atoms with Gasteiger partial charge < -0.3 is 15.2 Å². The first-order valence-electron chi connectivity index (χ1n) is 10.4. The van der Waals surface area contributed by atoms with E-state index in [0.717, 1.165) is 17.4 Å². The molecule has 10 heteroatoms. The summed E-state index contributed by atoms with van der Waals surface area (Å²) in [4.78, 5) is 0. The van der Waals surface area contributed by atoms with Gasteiger partial charge in [-0.3, -0.25) is 4.72 Å². The van der Waals surface area contributed by atoms with Crippen LogP contribution in [0.25, 0.3) is 0 Å². The summed E-state index contributed by atoms with van der Waals surface area (Å²) >= 11 is 0. The van der Waals surface area contributed by atoms with Crippen molar-refractivity contribution in [3.63, 3.8) is 0 Å². The molecular weight excluding hydrogens is 469 g/mol. The maximum Gasteiger partial charge on any atom is 0.387 e. The van der Waals surface area contributed by atoms with Gasteiger partial charge in [-0.25, -0.2) is 12.8 Å². The Kier molecular flexibility index (Phi) is 8.54. The molecule has 0 amide bonds. The molecule has 0 aliphatic carbocycles. The zero-order valence-electron chi connectivity index (χ0n) is 18.3. The molecule has 0 bridgehead atoms. The smallest absolute Gasteiger partial charge is 0.387 e. The van der Waals surface area contributed by atoms with Gasteiger partial charge in [-0.1, -0.05) is 36.4 Å². The summed E-state index contributed by atoms with van der Waals surface area (Å²) in [6.45, 7) is -2.81. The number of anilines is 1. The van der Waals surface area contributed by atoms with Crippen molar-refractivity contribution in [2.45, 2.75) is 25.2 Å². The van der Waals surface area contributed by atoms with E-state index in [9.17, 15) is 26.7 Å². The third-order valence-corrected chi connectivity index (χ3v) is 5.60. The number of hydrogen-bond donors (Lipinski definition) is 3. The quantitative estimate of drug-likeness (QED) is 0.368. The van der Waals surface area contributed by atoms with E-state index >= 15 is 0 Å². The Morgan fingerprint density at radius 1 is 0.971 bits per heavy atom. The van der Waals surface area contributed by atoms with Crippen LogP contribution in [-0.4, -0.2) is 32.9 Å². The van der Waals surface area contributed by atoms with Crippen molar-refractivity contribution in [1.82, 2.24) is 5.32 Å². The number of sulfonamides is 1. The van der Waals surface area contributed by atoms with Gasteiger partial charge in [0.15, 0.2) is 0 Å². The van der Waals surface area contributed by atoms with Crippen LogP contribution in [0.2, 0.25) is 0 Å². The van der Waals surface area contributed by atoms with Gasteiger partial charge >= 0.3 is 6.61 Å². The second kappa shape index (κ2) is 11.4. The minimum atomic E-state index is -3.46. The average Bonchev–Trinajstić information content (AvgIpc) is 2.77.